The molecule has 0 spiro atoms. The maximum Gasteiger partial charge on any atom is 0.320 e. The summed E-state index contributed by atoms with van der Waals surface area (Å²) < 4.78 is 0. The average molecular weight is 748 g/mol. The van der Waals surface area contributed by atoms with E-state index in [0.717, 1.165) is 12.0 Å². The summed E-state index contributed by atoms with van der Waals surface area (Å²) in [5, 5.41) is 41.8. The predicted molar refractivity (Wildman–Crippen MR) is 195 cm³/mol. The second kappa shape index (κ2) is 32.0. The number of aliphatic carboxylic acids is 5. The number of carbonyl (C=O) groups is 6. The summed E-state index contributed by atoms with van der Waals surface area (Å²) in [7, 11) is 0. The molecule has 0 saturated carbocycles. The summed E-state index contributed by atoms with van der Waals surface area (Å²) in [5.41, 5.74) is 41.9. The van der Waals surface area contributed by atoms with Gasteiger partial charge in [-0.05, 0) is 49.5 Å². The van der Waals surface area contributed by atoms with Crippen LogP contribution < -0.4 is 45.9 Å². The largest absolute Gasteiger partial charge is 0.480 e. The molecule has 1 rings (SSSR count). The standard InChI is InChI=1S/C9H11NO2.C6H14N4O2.2C6H13NO2.C5H10N2O3/c10-8(9(11)12)6-7-4-2-1-3-5-7;7-4(5(11)12)2-1-3-10-6(8)9;1-4(2)3-5(7)6(8)9;1-3-4(2)5(7)6(8)9;6-3(5(9)10)1-2-4(7)8/h1-5,8H,6,10H2,(H,11,12);4H,1-3,7H2,(H,11,12)(H4,8,9,10);2*4-5H,3,7H2,1-2H3,(H,8,9);3H,1-2,6H2,(H2,7,8)(H,9,10). The molecule has 1 amide bonds. The topological polar surface area (TPSA) is 424 Å². The lowest BCUT2D eigenvalue weighted by atomic mass is 10.0. The summed E-state index contributed by atoms with van der Waals surface area (Å²) in [6.45, 7) is 8.07. The predicted octanol–water partition coefficient (Wildman–Crippen LogP) is -1.35. The molecule has 21 N–H and O–H groups in total. The quantitative estimate of drug-likeness (QED) is 0.0468. The molecule has 6 unspecified atom stereocenters. The Balaban J connectivity index is -0.000000279. The van der Waals surface area contributed by atoms with E-state index in [-0.39, 0.29) is 24.7 Å². The fraction of sp³-hybridized carbons (Fsp3) is 0.594. The molecule has 0 aliphatic carbocycles. The van der Waals surface area contributed by atoms with Crippen LogP contribution >= 0.6 is 0 Å². The normalized spacial score (nSPS) is 13.3. The van der Waals surface area contributed by atoms with Gasteiger partial charge in [0.25, 0.3) is 0 Å². The number of hydrogen-bond donors (Lipinski definition) is 13. The molecule has 20 heteroatoms. The number of carbonyl (C=O) groups excluding carboxylic acids is 1. The number of carboxylic acid groups (broad SMARTS) is 5. The van der Waals surface area contributed by atoms with Gasteiger partial charge in [0.1, 0.15) is 30.2 Å². The van der Waals surface area contributed by atoms with Crippen molar-refractivity contribution in [1.29, 1.82) is 0 Å². The average Bonchev–Trinajstić information content (AvgIpc) is 3.05. The van der Waals surface area contributed by atoms with E-state index in [1.54, 1.807) is 0 Å². The molecule has 0 heterocycles. The van der Waals surface area contributed by atoms with Gasteiger partial charge in [0, 0.05) is 13.0 Å². The number of rotatable bonds is 18. The van der Waals surface area contributed by atoms with Crippen molar-refractivity contribution >= 4 is 41.7 Å². The van der Waals surface area contributed by atoms with E-state index in [1.165, 1.54) is 0 Å². The first-order chi connectivity index (χ1) is 23.9. The van der Waals surface area contributed by atoms with Crippen molar-refractivity contribution in [3.63, 3.8) is 0 Å². The van der Waals surface area contributed by atoms with Crippen LogP contribution in [-0.2, 0) is 35.2 Å². The van der Waals surface area contributed by atoms with Crippen molar-refractivity contribution in [2.75, 3.05) is 6.54 Å². The van der Waals surface area contributed by atoms with Gasteiger partial charge >= 0.3 is 29.8 Å². The van der Waals surface area contributed by atoms with Crippen LogP contribution in [0.15, 0.2) is 35.3 Å². The molecule has 300 valence electrons. The number of primary amides is 1. The van der Waals surface area contributed by atoms with Gasteiger partial charge in [0.05, 0.1) is 0 Å². The molecule has 0 bridgehead atoms. The van der Waals surface area contributed by atoms with Crippen LogP contribution in [0.1, 0.15) is 71.8 Å². The summed E-state index contributed by atoms with van der Waals surface area (Å²) >= 11 is 0. The minimum absolute atomic E-state index is 0.0129. The first-order valence-corrected chi connectivity index (χ1v) is 16.2. The highest BCUT2D eigenvalue weighted by Gasteiger charge is 2.17. The zero-order chi connectivity index (χ0) is 41.6. The second-order valence-corrected chi connectivity index (χ2v) is 11.8. The molecule has 0 aromatic heterocycles. The molecule has 0 aliphatic rings. The van der Waals surface area contributed by atoms with Gasteiger partial charge in [-0.25, -0.2) is 0 Å². The lowest BCUT2D eigenvalue weighted by Gasteiger charge is -2.11. The maximum atomic E-state index is 10.4. The Labute approximate surface area is 303 Å². The van der Waals surface area contributed by atoms with Gasteiger partial charge in [-0.15, -0.1) is 0 Å². The first kappa shape index (κ1) is 53.9. The zero-order valence-corrected chi connectivity index (χ0v) is 30.3. The van der Waals surface area contributed by atoms with Crippen LogP contribution in [0.4, 0.5) is 0 Å². The molecule has 0 aliphatic heterocycles. The molecular formula is C32H61N9O11. The number of benzene rings is 1. The van der Waals surface area contributed by atoms with Crippen LogP contribution in [0, 0.1) is 11.8 Å². The third-order valence-electron chi connectivity index (χ3n) is 6.50. The minimum atomic E-state index is -1.11. The van der Waals surface area contributed by atoms with Crippen molar-refractivity contribution in [3.05, 3.63) is 35.9 Å². The van der Waals surface area contributed by atoms with E-state index in [4.69, 9.17) is 71.4 Å². The Kier molecular flexibility index (Phi) is 33.2. The fourth-order valence-corrected chi connectivity index (χ4v) is 3.13. The van der Waals surface area contributed by atoms with E-state index in [2.05, 4.69) is 4.99 Å². The third-order valence-corrected chi connectivity index (χ3v) is 6.50. The number of hydrogen-bond acceptors (Lipinski definition) is 12. The van der Waals surface area contributed by atoms with Gasteiger partial charge < -0.3 is 71.4 Å². The molecule has 20 nitrogen and oxygen atoms in total. The molecule has 1 aromatic rings. The van der Waals surface area contributed by atoms with Gasteiger partial charge in [-0.3, -0.25) is 33.8 Å². The van der Waals surface area contributed by atoms with Crippen molar-refractivity contribution in [2.45, 2.75) is 103 Å². The van der Waals surface area contributed by atoms with Crippen LogP contribution in [0.2, 0.25) is 0 Å². The highest BCUT2D eigenvalue weighted by atomic mass is 16.4. The van der Waals surface area contributed by atoms with Crippen molar-refractivity contribution in [3.8, 4) is 0 Å². The van der Waals surface area contributed by atoms with Gasteiger partial charge in [0.15, 0.2) is 5.96 Å². The molecule has 52 heavy (non-hydrogen) atoms. The second-order valence-electron chi connectivity index (χ2n) is 11.8. The number of nitrogens with two attached hydrogens (primary N) is 8. The lowest BCUT2D eigenvalue weighted by molar-refractivity contribution is -0.140. The Hall–Kier alpha value is -4.89. The molecule has 6 atom stereocenters. The van der Waals surface area contributed by atoms with Crippen molar-refractivity contribution in [1.82, 2.24) is 0 Å². The van der Waals surface area contributed by atoms with E-state index in [9.17, 15) is 28.8 Å². The SMILES string of the molecule is CC(C)CC(N)C(=O)O.CCC(C)C(N)C(=O)O.NC(=O)CCC(N)C(=O)O.NC(Cc1ccccc1)C(=O)O.NC(N)=NCCCC(N)C(=O)O. The lowest BCUT2D eigenvalue weighted by Crippen LogP contribution is -2.36. The van der Waals surface area contributed by atoms with Gasteiger partial charge in [-0.1, -0.05) is 64.4 Å². The Morgan fingerprint density at radius 2 is 1.10 bits per heavy atom. The van der Waals surface area contributed by atoms with Crippen molar-refractivity contribution in [2.24, 2.45) is 62.7 Å². The van der Waals surface area contributed by atoms with Gasteiger partial charge in [-0.2, -0.15) is 0 Å². The molecule has 1 aromatic carbocycles. The zero-order valence-electron chi connectivity index (χ0n) is 30.3. The number of nitrogens with zero attached hydrogens (tertiary/aromatic N) is 1. The van der Waals surface area contributed by atoms with E-state index < -0.39 is 66.0 Å². The molecule has 0 radical (unpaired) electrons. The Morgan fingerprint density at radius 3 is 1.40 bits per heavy atom. The number of amides is 1. The van der Waals surface area contributed by atoms with Crippen molar-refractivity contribution < 1.29 is 54.3 Å². The third kappa shape index (κ3) is 36.4. The summed E-state index contributed by atoms with van der Waals surface area (Å²) in [4.78, 5) is 64.7. The number of carboxylic acids is 5. The molecule has 0 fully saturated rings. The summed E-state index contributed by atoms with van der Waals surface area (Å²) in [5.74, 6) is -4.98. The summed E-state index contributed by atoms with van der Waals surface area (Å²) in [6.07, 6.45) is 2.83. The Morgan fingerprint density at radius 1 is 0.654 bits per heavy atom. The number of aliphatic imine (C=N–C) groups is 1. The highest BCUT2D eigenvalue weighted by molar-refractivity contribution is 5.77. The van der Waals surface area contributed by atoms with Crippen LogP contribution in [0.25, 0.3) is 0 Å². The van der Waals surface area contributed by atoms with E-state index in [1.807, 2.05) is 58.0 Å². The van der Waals surface area contributed by atoms with E-state index >= 15 is 0 Å². The molecule has 0 saturated heterocycles. The smallest absolute Gasteiger partial charge is 0.320 e. The summed E-state index contributed by atoms with van der Waals surface area (Å²) in [6, 6.07) is 5.36. The highest BCUT2D eigenvalue weighted by Crippen LogP contribution is 2.04. The maximum absolute atomic E-state index is 10.4. The van der Waals surface area contributed by atoms with Crippen LogP contribution in [-0.4, -0.2) is 104 Å². The molecular weight excluding hydrogens is 686 g/mol. The number of guanidine groups is 1. The van der Waals surface area contributed by atoms with E-state index in [0.29, 0.717) is 38.1 Å². The Bertz CT molecular complexity index is 1200. The van der Waals surface area contributed by atoms with Crippen LogP contribution in [0.5, 0.6) is 0 Å². The van der Waals surface area contributed by atoms with Gasteiger partial charge in [0.2, 0.25) is 5.91 Å². The minimum Gasteiger partial charge on any atom is -0.480 e. The first-order valence-electron chi connectivity index (χ1n) is 16.2. The monoisotopic (exact) mass is 747 g/mol. The fourth-order valence-electron chi connectivity index (χ4n) is 3.13. The van der Waals surface area contributed by atoms with Crippen LogP contribution in [0.3, 0.4) is 0 Å².